The highest BCUT2D eigenvalue weighted by atomic mass is 79.9. The van der Waals surface area contributed by atoms with E-state index in [1.807, 2.05) is 0 Å². The molecule has 1 aliphatic rings. The molecule has 1 N–H and O–H groups in total. The number of hydrogen-bond donors (Lipinski definition) is 1. The fourth-order valence-electron chi connectivity index (χ4n) is 2.24. The zero-order valence-corrected chi connectivity index (χ0v) is 14.8. The van der Waals surface area contributed by atoms with E-state index in [1.165, 1.54) is 17.0 Å². The van der Waals surface area contributed by atoms with Gasteiger partial charge in [0.05, 0.1) is 0 Å². The molecule has 1 aromatic carbocycles. The van der Waals surface area contributed by atoms with Gasteiger partial charge in [0.25, 0.3) is 0 Å². The van der Waals surface area contributed by atoms with E-state index in [0.717, 1.165) is 0 Å². The predicted octanol–water partition coefficient (Wildman–Crippen LogP) is 4.45. The van der Waals surface area contributed by atoms with Crippen LogP contribution in [0.25, 0.3) is 0 Å². The van der Waals surface area contributed by atoms with Crippen LogP contribution in [0.4, 0.5) is 13.2 Å². The van der Waals surface area contributed by atoms with E-state index in [4.69, 9.17) is 11.6 Å². The molecule has 1 fully saturated rings. The third-order valence-corrected chi connectivity index (χ3v) is 3.92. The Balaban J connectivity index is 0.00000200. The van der Waals surface area contributed by atoms with Gasteiger partial charge in [-0.2, -0.15) is 13.2 Å². The summed E-state index contributed by atoms with van der Waals surface area (Å²) in [5, 5.41) is 3.19. The van der Waals surface area contributed by atoms with Crippen molar-refractivity contribution in [3.8, 4) is 0 Å². The van der Waals surface area contributed by atoms with Crippen molar-refractivity contribution in [2.45, 2.75) is 12.2 Å². The second-order valence-electron chi connectivity index (χ2n) is 4.40. The van der Waals surface area contributed by atoms with Crippen molar-refractivity contribution in [1.82, 2.24) is 10.2 Å². The summed E-state index contributed by atoms with van der Waals surface area (Å²) in [4.78, 5) is 1.42. The molecule has 9 heteroatoms. The van der Waals surface area contributed by atoms with Crippen LogP contribution in [0.1, 0.15) is 11.6 Å². The van der Waals surface area contributed by atoms with Gasteiger partial charge in [-0.25, -0.2) is 0 Å². The average molecular weight is 431 g/mol. The Bertz CT molecular complexity index is 454. The Kier molecular flexibility index (Phi) is 8.91. The van der Waals surface area contributed by atoms with Gasteiger partial charge < -0.3 is 5.32 Å². The number of halogens is 7. The number of piperazine rings is 1. The minimum Gasteiger partial charge on any atom is -0.314 e. The molecule has 0 aliphatic carbocycles. The van der Waals surface area contributed by atoms with Crippen molar-refractivity contribution in [1.29, 1.82) is 0 Å². The van der Waals surface area contributed by atoms with Crippen LogP contribution in [0, 0.1) is 0 Å². The maximum atomic E-state index is 13.4. The molecule has 0 amide bonds. The lowest BCUT2D eigenvalue weighted by Gasteiger charge is -2.36. The van der Waals surface area contributed by atoms with Crippen molar-refractivity contribution >= 4 is 52.3 Å². The van der Waals surface area contributed by atoms with Crippen LogP contribution in [-0.2, 0) is 0 Å². The topological polar surface area (TPSA) is 15.3 Å². The van der Waals surface area contributed by atoms with Crippen LogP contribution in [-0.4, -0.2) is 37.3 Å². The summed E-state index contributed by atoms with van der Waals surface area (Å²) in [5.41, 5.74) is 0.102. The summed E-state index contributed by atoms with van der Waals surface area (Å²) >= 11 is 9.15. The summed E-state index contributed by atoms with van der Waals surface area (Å²) in [6.07, 6.45) is -4.35. The molecule has 0 spiro atoms. The normalized spacial score (nSPS) is 17.6. The van der Waals surface area contributed by atoms with Gasteiger partial charge in [0, 0.05) is 35.7 Å². The van der Waals surface area contributed by atoms with Crippen molar-refractivity contribution in [2.75, 3.05) is 26.2 Å². The molecule has 0 radical (unpaired) electrons. The second kappa shape index (κ2) is 8.79. The Labute approximate surface area is 147 Å². The molecule has 0 unspecified atom stereocenters. The van der Waals surface area contributed by atoms with Crippen LogP contribution in [0.5, 0.6) is 0 Å². The second-order valence-corrected chi connectivity index (χ2v) is 5.72. The number of benzene rings is 1. The number of nitrogens with one attached hydrogen (secondary N) is 1. The van der Waals surface area contributed by atoms with E-state index in [1.54, 1.807) is 6.07 Å². The Morgan fingerprint density at radius 1 is 1.19 bits per heavy atom. The minimum atomic E-state index is -4.35. The molecule has 0 saturated carbocycles. The maximum Gasteiger partial charge on any atom is 0.408 e. The third-order valence-electron chi connectivity index (χ3n) is 3.08. The fraction of sp³-hybridized carbons (Fsp3) is 0.500. The van der Waals surface area contributed by atoms with Crippen LogP contribution in [0.15, 0.2) is 22.7 Å². The first-order valence-electron chi connectivity index (χ1n) is 5.86. The first-order valence-corrected chi connectivity index (χ1v) is 7.03. The highest BCUT2D eigenvalue weighted by Gasteiger charge is 2.45. The third kappa shape index (κ3) is 5.44. The van der Waals surface area contributed by atoms with Gasteiger partial charge in [0.2, 0.25) is 0 Å². The zero-order chi connectivity index (χ0) is 14.0. The Morgan fingerprint density at radius 2 is 1.76 bits per heavy atom. The highest BCUT2D eigenvalue weighted by molar-refractivity contribution is 9.10. The molecule has 2 rings (SSSR count). The predicted molar refractivity (Wildman–Crippen MR) is 86.9 cm³/mol. The number of alkyl halides is 3. The molecule has 122 valence electrons. The number of hydrogen-bond acceptors (Lipinski definition) is 2. The summed E-state index contributed by atoms with van der Waals surface area (Å²) < 4.78 is 40.7. The molecule has 2 nitrogen and oxygen atoms in total. The van der Waals surface area contributed by atoms with Gasteiger partial charge >= 0.3 is 6.18 Å². The zero-order valence-electron chi connectivity index (χ0n) is 10.8. The molecule has 0 bridgehead atoms. The molecule has 1 aromatic rings. The fourth-order valence-corrected chi connectivity index (χ4v) is 2.84. The van der Waals surface area contributed by atoms with E-state index in [2.05, 4.69) is 21.2 Å². The molecule has 1 aliphatic heterocycles. The van der Waals surface area contributed by atoms with E-state index in [-0.39, 0.29) is 35.4 Å². The van der Waals surface area contributed by atoms with Crippen molar-refractivity contribution in [3.63, 3.8) is 0 Å². The highest BCUT2D eigenvalue weighted by Crippen LogP contribution is 2.41. The van der Waals surface area contributed by atoms with Gasteiger partial charge in [-0.05, 0) is 23.8 Å². The molecular weight excluding hydrogens is 415 g/mol. The van der Waals surface area contributed by atoms with E-state index >= 15 is 0 Å². The van der Waals surface area contributed by atoms with E-state index in [9.17, 15) is 13.2 Å². The standard InChI is InChI=1S/C12H13BrClF3N2.2ClH/c13-8-1-2-10(14)9(7-8)11(12(15,16)17)19-5-3-18-4-6-19;;/h1-2,7,11,18H,3-6H2;2*1H/t11-;;/m0../s1. The maximum absolute atomic E-state index is 13.4. The minimum absolute atomic E-state index is 0. The van der Waals surface area contributed by atoms with Crippen LogP contribution >= 0.6 is 52.3 Å². The van der Waals surface area contributed by atoms with Gasteiger partial charge in [-0.1, -0.05) is 27.5 Å². The van der Waals surface area contributed by atoms with Gasteiger partial charge in [0.15, 0.2) is 0 Å². The van der Waals surface area contributed by atoms with Gasteiger partial charge in [-0.3, -0.25) is 4.90 Å². The van der Waals surface area contributed by atoms with Crippen molar-refractivity contribution in [3.05, 3.63) is 33.3 Å². The molecule has 1 saturated heterocycles. The van der Waals surface area contributed by atoms with Crippen LogP contribution in [0.3, 0.4) is 0 Å². The van der Waals surface area contributed by atoms with E-state index in [0.29, 0.717) is 30.7 Å². The largest absolute Gasteiger partial charge is 0.408 e. The lowest BCUT2D eigenvalue weighted by atomic mass is 10.0. The van der Waals surface area contributed by atoms with E-state index < -0.39 is 12.2 Å². The molecular formula is C12H15BrCl3F3N2. The first kappa shape index (κ1) is 21.3. The summed E-state index contributed by atoms with van der Waals surface area (Å²) in [7, 11) is 0. The quantitative estimate of drug-likeness (QED) is 0.746. The van der Waals surface area contributed by atoms with Gasteiger partial charge in [0.1, 0.15) is 6.04 Å². The molecule has 21 heavy (non-hydrogen) atoms. The first-order chi connectivity index (χ1) is 8.89. The monoisotopic (exact) mass is 428 g/mol. The lowest BCUT2D eigenvalue weighted by molar-refractivity contribution is -0.187. The van der Waals surface area contributed by atoms with Gasteiger partial charge in [-0.15, -0.1) is 24.8 Å². The van der Waals surface area contributed by atoms with Crippen LogP contribution < -0.4 is 5.32 Å². The van der Waals surface area contributed by atoms with Crippen molar-refractivity contribution in [2.24, 2.45) is 0 Å². The summed E-state index contributed by atoms with van der Waals surface area (Å²) in [5.74, 6) is 0. The average Bonchev–Trinajstić information content (AvgIpc) is 2.33. The smallest absolute Gasteiger partial charge is 0.314 e. The SMILES string of the molecule is Cl.Cl.FC(F)(F)[C@H](c1cc(Br)ccc1Cl)N1CCNCC1. The Morgan fingerprint density at radius 3 is 2.29 bits per heavy atom. The van der Waals surface area contributed by atoms with Crippen LogP contribution in [0.2, 0.25) is 5.02 Å². The molecule has 0 aromatic heterocycles. The number of nitrogens with zero attached hydrogens (tertiary/aromatic N) is 1. The summed E-state index contributed by atoms with van der Waals surface area (Å²) in [6, 6.07) is 2.92. The molecule has 1 heterocycles. The summed E-state index contributed by atoms with van der Waals surface area (Å²) in [6.45, 7) is 1.82. The molecule has 1 atom stereocenters. The van der Waals surface area contributed by atoms with Crippen molar-refractivity contribution < 1.29 is 13.2 Å². The Hall–Kier alpha value is 0.280. The lowest BCUT2D eigenvalue weighted by Crippen LogP contribution is -2.49. The number of rotatable bonds is 2.